The van der Waals surface area contributed by atoms with Gasteiger partial charge in [-0.1, -0.05) is 0 Å². The molecular formula is C23H24FN5O4. The smallest absolute Gasteiger partial charge is 0.255 e. The molecule has 9 nitrogen and oxygen atoms in total. The van der Waals surface area contributed by atoms with E-state index in [1.165, 1.54) is 50.3 Å². The van der Waals surface area contributed by atoms with Gasteiger partial charge in [-0.25, -0.2) is 9.07 Å². The fraction of sp³-hybridized carbons (Fsp3) is 0.261. The lowest BCUT2D eigenvalue weighted by atomic mass is 10.1. The number of carbonyl (C=O) groups excluding carboxylic acids is 1. The number of nitrogen functional groups attached to an aromatic ring is 1. The van der Waals surface area contributed by atoms with E-state index in [0.29, 0.717) is 47.8 Å². The van der Waals surface area contributed by atoms with Gasteiger partial charge in [-0.2, -0.15) is 10.4 Å². The summed E-state index contributed by atoms with van der Waals surface area (Å²) in [6.45, 7) is 0.324. The summed E-state index contributed by atoms with van der Waals surface area (Å²) in [5, 5.41) is 16.7. The summed E-state index contributed by atoms with van der Waals surface area (Å²) in [7, 11) is 4.40. The van der Waals surface area contributed by atoms with Crippen molar-refractivity contribution in [2.45, 2.75) is 12.8 Å². The maximum absolute atomic E-state index is 13.2. The molecule has 0 aliphatic rings. The average Bonchev–Trinajstić information content (AvgIpc) is 3.15. The standard InChI is InChI=1S/C23H24FN5O4/c1-31-19-11-10-16(20(32-2)21(19)33-3)23(30)27-12-4-5-18-17(13-25)22(26)29(28-18)15-8-6-14(24)7-9-15/h6-11H,4-5,12,26H2,1-3H3,(H,27,30). The van der Waals surface area contributed by atoms with E-state index in [-0.39, 0.29) is 28.9 Å². The molecule has 0 fully saturated rings. The highest BCUT2D eigenvalue weighted by molar-refractivity contribution is 5.98. The van der Waals surface area contributed by atoms with Crippen molar-refractivity contribution in [3.05, 3.63) is 59.0 Å². The molecule has 0 bridgehead atoms. The van der Waals surface area contributed by atoms with E-state index < -0.39 is 0 Å². The highest BCUT2D eigenvalue weighted by Crippen LogP contribution is 2.39. The summed E-state index contributed by atoms with van der Waals surface area (Å²) < 4.78 is 30.5. The van der Waals surface area contributed by atoms with Crippen LogP contribution in [0.3, 0.4) is 0 Å². The molecule has 2 aromatic carbocycles. The molecule has 1 amide bonds. The zero-order chi connectivity index (χ0) is 24.0. The van der Waals surface area contributed by atoms with Gasteiger partial charge in [-0.3, -0.25) is 4.79 Å². The van der Waals surface area contributed by atoms with Crippen molar-refractivity contribution in [1.29, 1.82) is 5.26 Å². The molecule has 3 N–H and O–H groups in total. The molecule has 0 radical (unpaired) electrons. The van der Waals surface area contributed by atoms with Gasteiger partial charge in [0.1, 0.15) is 23.3 Å². The van der Waals surface area contributed by atoms with Crippen LogP contribution in [0.15, 0.2) is 36.4 Å². The quantitative estimate of drug-likeness (QED) is 0.477. The number of rotatable bonds is 9. The van der Waals surface area contributed by atoms with E-state index in [0.717, 1.165) is 0 Å². The Labute approximate surface area is 190 Å². The second-order valence-corrected chi connectivity index (χ2v) is 6.95. The minimum Gasteiger partial charge on any atom is -0.493 e. The molecule has 1 aromatic heterocycles. The highest BCUT2D eigenvalue weighted by atomic mass is 19.1. The van der Waals surface area contributed by atoms with Crippen LogP contribution >= 0.6 is 0 Å². The van der Waals surface area contributed by atoms with Crippen molar-refractivity contribution in [2.75, 3.05) is 33.6 Å². The first-order valence-electron chi connectivity index (χ1n) is 10.1. The van der Waals surface area contributed by atoms with Crippen LogP contribution in [0.4, 0.5) is 10.2 Å². The predicted molar refractivity (Wildman–Crippen MR) is 119 cm³/mol. The van der Waals surface area contributed by atoms with Crippen LogP contribution in [0.1, 0.15) is 28.0 Å². The van der Waals surface area contributed by atoms with Gasteiger partial charge in [0.2, 0.25) is 5.75 Å². The maximum Gasteiger partial charge on any atom is 0.255 e. The molecule has 33 heavy (non-hydrogen) atoms. The third kappa shape index (κ3) is 4.82. The maximum atomic E-state index is 13.2. The lowest BCUT2D eigenvalue weighted by Crippen LogP contribution is -2.25. The molecule has 0 aliphatic carbocycles. The molecule has 0 aliphatic heterocycles. The minimum atomic E-state index is -0.382. The average molecular weight is 453 g/mol. The molecule has 3 rings (SSSR count). The number of nitriles is 1. The Morgan fingerprint density at radius 2 is 1.82 bits per heavy atom. The first-order valence-corrected chi connectivity index (χ1v) is 10.1. The number of halogens is 1. The van der Waals surface area contributed by atoms with Gasteiger partial charge in [0.05, 0.1) is 38.3 Å². The summed E-state index contributed by atoms with van der Waals surface area (Å²) in [6.07, 6.45) is 0.917. The van der Waals surface area contributed by atoms with E-state index in [9.17, 15) is 14.4 Å². The van der Waals surface area contributed by atoms with Crippen molar-refractivity contribution >= 4 is 11.7 Å². The third-order valence-corrected chi connectivity index (χ3v) is 5.00. The number of ether oxygens (including phenoxy) is 3. The van der Waals surface area contributed by atoms with Crippen LogP contribution in [0.5, 0.6) is 17.2 Å². The number of aromatic nitrogens is 2. The van der Waals surface area contributed by atoms with E-state index in [4.69, 9.17) is 19.9 Å². The second-order valence-electron chi connectivity index (χ2n) is 6.95. The molecule has 0 saturated heterocycles. The van der Waals surface area contributed by atoms with E-state index >= 15 is 0 Å². The first-order chi connectivity index (χ1) is 15.9. The molecule has 1 heterocycles. The van der Waals surface area contributed by atoms with Crippen molar-refractivity contribution in [1.82, 2.24) is 15.1 Å². The molecule has 10 heteroatoms. The monoisotopic (exact) mass is 453 g/mol. The summed E-state index contributed by atoms with van der Waals surface area (Å²) >= 11 is 0. The number of aryl methyl sites for hydroxylation is 1. The van der Waals surface area contributed by atoms with Gasteiger partial charge >= 0.3 is 0 Å². The number of hydrogen-bond acceptors (Lipinski definition) is 7. The van der Waals surface area contributed by atoms with Crippen LogP contribution in [-0.2, 0) is 6.42 Å². The number of amides is 1. The summed E-state index contributed by atoms with van der Waals surface area (Å²) in [5.41, 5.74) is 7.68. The van der Waals surface area contributed by atoms with Crippen molar-refractivity contribution < 1.29 is 23.4 Å². The number of benzene rings is 2. The van der Waals surface area contributed by atoms with Gasteiger partial charge in [0.25, 0.3) is 5.91 Å². The number of carbonyl (C=O) groups is 1. The Hall–Kier alpha value is -4.26. The molecule has 3 aromatic rings. The predicted octanol–water partition coefficient (Wildman–Crippen LogP) is 2.85. The largest absolute Gasteiger partial charge is 0.493 e. The molecule has 0 spiro atoms. The Kier molecular flexibility index (Phi) is 7.35. The van der Waals surface area contributed by atoms with Gasteiger partial charge in [-0.15, -0.1) is 0 Å². The Morgan fingerprint density at radius 1 is 1.12 bits per heavy atom. The third-order valence-electron chi connectivity index (χ3n) is 5.00. The van der Waals surface area contributed by atoms with Crippen molar-refractivity contribution in [2.24, 2.45) is 0 Å². The lowest BCUT2D eigenvalue weighted by molar-refractivity contribution is 0.0949. The second kappa shape index (κ2) is 10.4. The molecule has 0 saturated carbocycles. The normalized spacial score (nSPS) is 10.4. The molecule has 0 atom stereocenters. The zero-order valence-corrected chi connectivity index (χ0v) is 18.5. The number of nitrogens with one attached hydrogen (secondary N) is 1. The summed E-state index contributed by atoms with van der Waals surface area (Å²) in [4.78, 5) is 12.7. The number of hydrogen-bond donors (Lipinski definition) is 2. The molecular weight excluding hydrogens is 429 g/mol. The SMILES string of the molecule is COc1ccc(C(=O)NCCCc2nn(-c3ccc(F)cc3)c(N)c2C#N)c(OC)c1OC. The Balaban J connectivity index is 1.68. The van der Waals surface area contributed by atoms with Crippen molar-refractivity contribution in [3.8, 4) is 29.0 Å². The fourth-order valence-corrected chi connectivity index (χ4v) is 3.39. The van der Waals surface area contributed by atoms with E-state index in [2.05, 4.69) is 16.5 Å². The Morgan fingerprint density at radius 3 is 2.42 bits per heavy atom. The molecule has 172 valence electrons. The summed E-state index contributed by atoms with van der Waals surface area (Å²) in [6, 6.07) is 10.9. The highest BCUT2D eigenvalue weighted by Gasteiger charge is 2.21. The Bertz CT molecular complexity index is 1190. The van der Waals surface area contributed by atoms with Gasteiger partial charge in [-0.05, 0) is 49.2 Å². The number of anilines is 1. The number of nitrogens with zero attached hydrogens (tertiary/aromatic N) is 3. The van der Waals surface area contributed by atoms with Crippen LogP contribution in [0.2, 0.25) is 0 Å². The lowest BCUT2D eigenvalue weighted by Gasteiger charge is -2.15. The van der Waals surface area contributed by atoms with Crippen LogP contribution in [0, 0.1) is 17.1 Å². The fourth-order valence-electron chi connectivity index (χ4n) is 3.39. The number of methoxy groups -OCH3 is 3. The first kappa shape index (κ1) is 23.4. The zero-order valence-electron chi connectivity index (χ0n) is 18.5. The van der Waals surface area contributed by atoms with Crippen LogP contribution in [0.25, 0.3) is 5.69 Å². The topological polar surface area (TPSA) is 124 Å². The van der Waals surface area contributed by atoms with Gasteiger partial charge in [0.15, 0.2) is 11.5 Å². The van der Waals surface area contributed by atoms with Crippen molar-refractivity contribution in [3.63, 3.8) is 0 Å². The minimum absolute atomic E-state index is 0.179. The van der Waals surface area contributed by atoms with Crippen LogP contribution < -0.4 is 25.3 Å². The van der Waals surface area contributed by atoms with Gasteiger partial charge < -0.3 is 25.3 Å². The van der Waals surface area contributed by atoms with E-state index in [1.807, 2.05) is 0 Å². The van der Waals surface area contributed by atoms with E-state index in [1.54, 1.807) is 12.1 Å². The van der Waals surface area contributed by atoms with Crippen LogP contribution in [-0.4, -0.2) is 43.6 Å². The van der Waals surface area contributed by atoms with Gasteiger partial charge in [0, 0.05) is 6.54 Å². The molecule has 0 unspecified atom stereocenters. The summed E-state index contributed by atoms with van der Waals surface area (Å²) in [5.74, 6) is 0.499. The number of nitrogens with two attached hydrogens (primary N) is 1.